The summed E-state index contributed by atoms with van der Waals surface area (Å²) in [5.41, 5.74) is 2.75. The number of anilines is 1. The number of fused-ring (bicyclic) bond motifs is 3. The molecule has 3 fully saturated rings. The number of piperidine rings is 1. The molecule has 2 unspecified atom stereocenters. The van der Waals surface area contributed by atoms with Crippen LogP contribution in [0.4, 0.5) is 6.01 Å². The maximum atomic E-state index is 6.03. The molecule has 1 aromatic carbocycles. The number of oxazole rings is 1. The van der Waals surface area contributed by atoms with Gasteiger partial charge in [0.05, 0.1) is 5.69 Å². The van der Waals surface area contributed by atoms with Gasteiger partial charge in [-0.25, -0.2) is 0 Å². The lowest BCUT2D eigenvalue weighted by atomic mass is 9.88. The van der Waals surface area contributed by atoms with Crippen LogP contribution in [0.1, 0.15) is 12.1 Å². The van der Waals surface area contributed by atoms with Gasteiger partial charge in [0.2, 0.25) is 0 Å². The second-order valence-corrected chi connectivity index (χ2v) is 7.01. The molecule has 3 aliphatic heterocycles. The number of hydrogen-bond acceptors (Lipinski definition) is 5. The van der Waals surface area contributed by atoms with E-state index < -0.39 is 0 Å². The van der Waals surface area contributed by atoms with Crippen molar-refractivity contribution >= 4 is 28.7 Å². The molecule has 0 saturated carbocycles. The standard InChI is InChI=1S/C18H17ClN4O/c19-12-4-5-16-17(7-12)24-18(21-16)23-14-8-15(23)11-22(10-14)9-13-3-1-2-6-20-13/h1-7,14-15H,8-11H2. The average molecular weight is 341 g/mol. The molecule has 6 heteroatoms. The smallest absolute Gasteiger partial charge is 0.298 e. The van der Waals surface area contributed by atoms with Crippen LogP contribution in [0, 0.1) is 0 Å². The van der Waals surface area contributed by atoms with Gasteiger partial charge in [0, 0.05) is 49.0 Å². The molecule has 0 spiro atoms. The molecule has 2 aromatic heterocycles. The van der Waals surface area contributed by atoms with Crippen LogP contribution in [0.5, 0.6) is 0 Å². The van der Waals surface area contributed by atoms with Crippen LogP contribution in [0.15, 0.2) is 47.0 Å². The van der Waals surface area contributed by atoms with Gasteiger partial charge in [-0.1, -0.05) is 17.7 Å². The molecule has 0 amide bonds. The Balaban J connectivity index is 1.33. The Bertz CT molecular complexity index is 869. The van der Waals surface area contributed by atoms with Gasteiger partial charge in [-0.2, -0.15) is 4.98 Å². The molecule has 0 N–H and O–H groups in total. The minimum absolute atomic E-state index is 0.469. The summed E-state index contributed by atoms with van der Waals surface area (Å²) in [6, 6.07) is 13.3. The van der Waals surface area contributed by atoms with Crippen LogP contribution in [-0.4, -0.2) is 40.0 Å². The summed E-state index contributed by atoms with van der Waals surface area (Å²) >= 11 is 6.03. The van der Waals surface area contributed by atoms with Gasteiger partial charge in [-0.05, 0) is 30.7 Å². The van der Waals surface area contributed by atoms with Gasteiger partial charge >= 0.3 is 0 Å². The van der Waals surface area contributed by atoms with E-state index in [1.165, 1.54) is 6.42 Å². The van der Waals surface area contributed by atoms with Gasteiger partial charge in [-0.15, -0.1) is 0 Å². The molecule has 24 heavy (non-hydrogen) atoms. The van der Waals surface area contributed by atoms with Crippen molar-refractivity contribution in [1.82, 2.24) is 14.9 Å². The third-order valence-electron chi connectivity index (χ3n) is 4.94. The summed E-state index contributed by atoms with van der Waals surface area (Å²) in [7, 11) is 0. The normalized spacial score (nSPS) is 23.5. The fourth-order valence-corrected chi connectivity index (χ4v) is 4.02. The maximum Gasteiger partial charge on any atom is 0.298 e. The first kappa shape index (κ1) is 14.3. The van der Waals surface area contributed by atoms with Gasteiger partial charge in [0.15, 0.2) is 5.58 Å². The molecule has 3 saturated heterocycles. The molecular weight excluding hydrogens is 324 g/mol. The van der Waals surface area contributed by atoms with Crippen molar-refractivity contribution < 1.29 is 4.42 Å². The first-order valence-corrected chi connectivity index (χ1v) is 8.61. The Labute approximate surface area is 144 Å². The van der Waals surface area contributed by atoms with E-state index >= 15 is 0 Å². The molecular formula is C18H17ClN4O. The predicted molar refractivity (Wildman–Crippen MR) is 93.2 cm³/mol. The maximum absolute atomic E-state index is 6.03. The summed E-state index contributed by atoms with van der Waals surface area (Å²) in [5.74, 6) is 0. The van der Waals surface area contributed by atoms with Crippen LogP contribution in [0.3, 0.4) is 0 Å². The third kappa shape index (κ3) is 2.36. The SMILES string of the molecule is Clc1ccc2nc(N3C4CC3CN(Cc3ccccn3)C4)oc2c1. The van der Waals surface area contributed by atoms with Crippen molar-refractivity contribution in [3.8, 4) is 0 Å². The number of pyridine rings is 1. The molecule has 0 aliphatic carbocycles. The van der Waals surface area contributed by atoms with Crippen LogP contribution in [-0.2, 0) is 6.54 Å². The zero-order valence-corrected chi connectivity index (χ0v) is 13.9. The highest BCUT2D eigenvalue weighted by molar-refractivity contribution is 6.31. The topological polar surface area (TPSA) is 45.4 Å². The van der Waals surface area contributed by atoms with Crippen molar-refractivity contribution in [2.75, 3.05) is 18.0 Å². The summed E-state index contributed by atoms with van der Waals surface area (Å²) in [4.78, 5) is 13.9. The highest BCUT2D eigenvalue weighted by Crippen LogP contribution is 2.38. The van der Waals surface area contributed by atoms with Gasteiger partial charge in [0.1, 0.15) is 5.52 Å². The molecule has 5 nitrogen and oxygen atoms in total. The number of piperazine rings is 1. The van der Waals surface area contributed by atoms with E-state index in [9.17, 15) is 0 Å². The second kappa shape index (κ2) is 5.46. The fourth-order valence-electron chi connectivity index (χ4n) is 3.86. The first-order chi connectivity index (χ1) is 11.8. The molecule has 3 aromatic rings. The Morgan fingerprint density at radius 2 is 2.04 bits per heavy atom. The number of rotatable bonds is 3. The lowest BCUT2D eigenvalue weighted by Crippen LogP contribution is -2.68. The van der Waals surface area contributed by atoms with E-state index in [1.54, 1.807) is 0 Å². The third-order valence-corrected chi connectivity index (χ3v) is 5.18. The summed E-state index contributed by atoms with van der Waals surface area (Å²) in [5, 5.41) is 0.676. The quantitative estimate of drug-likeness (QED) is 0.731. The predicted octanol–water partition coefficient (Wildman–Crippen LogP) is 3.34. The Kier molecular flexibility index (Phi) is 3.24. The summed E-state index contributed by atoms with van der Waals surface area (Å²) in [6.45, 7) is 2.95. The molecule has 122 valence electrons. The van der Waals surface area contributed by atoms with Crippen molar-refractivity contribution in [3.63, 3.8) is 0 Å². The zero-order valence-electron chi connectivity index (χ0n) is 13.1. The highest BCUT2D eigenvalue weighted by Gasteiger charge is 2.46. The van der Waals surface area contributed by atoms with Gasteiger partial charge in [-0.3, -0.25) is 9.88 Å². The minimum Gasteiger partial charge on any atom is -0.423 e. The van der Waals surface area contributed by atoms with E-state index in [0.29, 0.717) is 17.1 Å². The van der Waals surface area contributed by atoms with Gasteiger partial charge < -0.3 is 9.32 Å². The minimum atomic E-state index is 0.469. The van der Waals surface area contributed by atoms with Crippen LogP contribution in [0.25, 0.3) is 11.1 Å². The molecule has 0 radical (unpaired) electrons. The lowest BCUT2D eigenvalue weighted by Gasteiger charge is -2.55. The summed E-state index contributed by atoms with van der Waals surface area (Å²) < 4.78 is 5.94. The van der Waals surface area contributed by atoms with Crippen LogP contribution < -0.4 is 4.90 Å². The van der Waals surface area contributed by atoms with E-state index in [-0.39, 0.29) is 0 Å². The van der Waals surface area contributed by atoms with E-state index in [2.05, 4.69) is 25.8 Å². The Hall–Kier alpha value is -2.11. The van der Waals surface area contributed by atoms with Crippen molar-refractivity contribution in [2.24, 2.45) is 0 Å². The summed E-state index contributed by atoms with van der Waals surface area (Å²) in [6.07, 6.45) is 3.06. The van der Waals surface area contributed by atoms with Crippen molar-refractivity contribution in [3.05, 3.63) is 53.3 Å². The molecule has 5 heterocycles. The number of hydrogen-bond donors (Lipinski definition) is 0. The Morgan fingerprint density at radius 1 is 1.17 bits per heavy atom. The van der Waals surface area contributed by atoms with Gasteiger partial charge in [0.25, 0.3) is 6.01 Å². The number of nitrogens with zero attached hydrogens (tertiary/aromatic N) is 4. The van der Waals surface area contributed by atoms with E-state index in [0.717, 1.165) is 42.4 Å². The molecule has 3 aliphatic rings. The first-order valence-electron chi connectivity index (χ1n) is 8.23. The molecule has 6 rings (SSSR count). The van der Waals surface area contributed by atoms with Crippen molar-refractivity contribution in [2.45, 2.75) is 25.0 Å². The molecule has 2 bridgehead atoms. The van der Waals surface area contributed by atoms with Crippen molar-refractivity contribution in [1.29, 1.82) is 0 Å². The Morgan fingerprint density at radius 3 is 2.83 bits per heavy atom. The van der Waals surface area contributed by atoms with E-state index in [1.807, 2.05) is 36.5 Å². The highest BCUT2D eigenvalue weighted by atomic mass is 35.5. The largest absolute Gasteiger partial charge is 0.423 e. The monoisotopic (exact) mass is 340 g/mol. The lowest BCUT2D eigenvalue weighted by molar-refractivity contribution is 0.102. The van der Waals surface area contributed by atoms with Crippen LogP contribution in [0.2, 0.25) is 5.02 Å². The second-order valence-electron chi connectivity index (χ2n) is 6.57. The van der Waals surface area contributed by atoms with E-state index in [4.69, 9.17) is 16.0 Å². The number of aromatic nitrogens is 2. The van der Waals surface area contributed by atoms with Crippen LogP contribution >= 0.6 is 11.6 Å². The molecule has 2 atom stereocenters. The average Bonchev–Trinajstić information content (AvgIpc) is 2.97. The fraction of sp³-hybridized carbons (Fsp3) is 0.333. The zero-order chi connectivity index (χ0) is 16.1. The number of halogens is 1. The number of benzene rings is 1.